The van der Waals surface area contributed by atoms with Gasteiger partial charge in [0.1, 0.15) is 0 Å². The van der Waals surface area contributed by atoms with Crippen molar-refractivity contribution in [3.8, 4) is 0 Å². The van der Waals surface area contributed by atoms with Crippen LogP contribution in [0.2, 0.25) is 0 Å². The molecule has 2 aliphatic heterocycles. The summed E-state index contributed by atoms with van der Waals surface area (Å²) in [5.41, 5.74) is 1.40. The zero-order valence-electron chi connectivity index (χ0n) is 14.9. The molecule has 128 valence electrons. The van der Waals surface area contributed by atoms with Crippen LogP contribution in [-0.4, -0.2) is 70.9 Å². The van der Waals surface area contributed by atoms with Gasteiger partial charge in [-0.1, -0.05) is 0 Å². The smallest absolute Gasteiger partial charge is 0.257 e. The Balaban J connectivity index is 1.86. The van der Waals surface area contributed by atoms with Gasteiger partial charge in [0.25, 0.3) is 5.91 Å². The summed E-state index contributed by atoms with van der Waals surface area (Å²) in [5, 5.41) is 4.54. The molecule has 2 fully saturated rings. The van der Waals surface area contributed by atoms with Gasteiger partial charge in [0.15, 0.2) is 0 Å². The molecule has 0 bridgehead atoms. The highest BCUT2D eigenvalue weighted by atomic mass is 16.5. The average molecular weight is 320 g/mol. The van der Waals surface area contributed by atoms with E-state index in [1.807, 2.05) is 22.7 Å². The van der Waals surface area contributed by atoms with Gasteiger partial charge >= 0.3 is 0 Å². The largest absolute Gasteiger partial charge is 0.374 e. The van der Waals surface area contributed by atoms with Crippen LogP contribution >= 0.6 is 0 Å². The van der Waals surface area contributed by atoms with Crippen molar-refractivity contribution in [3.63, 3.8) is 0 Å². The summed E-state index contributed by atoms with van der Waals surface area (Å²) in [6.07, 6.45) is 3.06. The number of nitrogens with zero attached hydrogens (tertiary/aromatic N) is 4. The highest BCUT2D eigenvalue weighted by molar-refractivity contribution is 5.95. The number of likely N-dealkylation sites (N-methyl/N-ethyl adjacent to an activating group) is 1. The Morgan fingerprint density at radius 2 is 2.09 bits per heavy atom. The van der Waals surface area contributed by atoms with Gasteiger partial charge in [0, 0.05) is 25.8 Å². The molecule has 1 aromatic heterocycles. The third kappa shape index (κ3) is 3.15. The van der Waals surface area contributed by atoms with E-state index >= 15 is 0 Å². The number of aromatic nitrogens is 2. The number of morpholine rings is 1. The molecular formula is C17H28N4O2. The molecule has 3 heterocycles. The minimum Gasteiger partial charge on any atom is -0.374 e. The van der Waals surface area contributed by atoms with Crippen LogP contribution in [0.15, 0.2) is 6.20 Å². The van der Waals surface area contributed by atoms with Gasteiger partial charge < -0.3 is 14.5 Å². The first-order valence-electron chi connectivity index (χ1n) is 8.45. The van der Waals surface area contributed by atoms with Gasteiger partial charge in [0.2, 0.25) is 0 Å². The Morgan fingerprint density at radius 1 is 1.35 bits per heavy atom. The number of aryl methyl sites for hydroxylation is 1. The Hall–Kier alpha value is -1.40. The summed E-state index contributed by atoms with van der Waals surface area (Å²) >= 11 is 0. The Labute approximate surface area is 138 Å². The molecule has 2 aliphatic rings. The first-order valence-corrected chi connectivity index (χ1v) is 8.45. The maximum absolute atomic E-state index is 13.1. The predicted octanol–water partition coefficient (Wildman–Crippen LogP) is 1.49. The summed E-state index contributed by atoms with van der Waals surface area (Å²) in [4.78, 5) is 17.4. The molecule has 0 saturated carbocycles. The third-order valence-corrected chi connectivity index (χ3v) is 4.87. The van der Waals surface area contributed by atoms with Crippen LogP contribution in [0.1, 0.15) is 43.2 Å². The first-order chi connectivity index (χ1) is 10.8. The minimum atomic E-state index is -0.123. The topological polar surface area (TPSA) is 50.6 Å². The van der Waals surface area contributed by atoms with Crippen molar-refractivity contribution in [2.75, 3.05) is 33.3 Å². The molecule has 6 heteroatoms. The fourth-order valence-electron chi connectivity index (χ4n) is 3.45. The van der Waals surface area contributed by atoms with E-state index < -0.39 is 0 Å². The van der Waals surface area contributed by atoms with Gasteiger partial charge in [0.05, 0.1) is 35.5 Å². The summed E-state index contributed by atoms with van der Waals surface area (Å²) in [7, 11) is 2.11. The molecule has 1 amide bonds. The summed E-state index contributed by atoms with van der Waals surface area (Å²) in [6.45, 7) is 11.4. The monoisotopic (exact) mass is 320 g/mol. The fraction of sp³-hybridized carbons (Fsp3) is 0.765. The molecule has 3 rings (SSSR count). The summed E-state index contributed by atoms with van der Waals surface area (Å²) in [6, 6.07) is 0.146. The van der Waals surface area contributed by atoms with Crippen LogP contribution in [-0.2, 0) is 10.3 Å². The molecule has 0 unspecified atom stereocenters. The van der Waals surface area contributed by atoms with Crippen molar-refractivity contribution in [1.29, 1.82) is 0 Å². The van der Waals surface area contributed by atoms with Crippen LogP contribution in [0.5, 0.6) is 0 Å². The lowest BCUT2D eigenvalue weighted by molar-refractivity contribution is -0.0870. The molecule has 0 aromatic carbocycles. The average Bonchev–Trinajstić information content (AvgIpc) is 2.88. The second kappa shape index (κ2) is 5.91. The standard InChI is InChI=1S/C17H28N4O2/c1-12-13(10-21(18-12)17(2,3)4)16(22)20-8-9-23-15-6-7-19(5)11-14(15)20/h10,14-15H,6-9,11H2,1-5H3/t14-,15-/m0/s1. The second-order valence-electron chi connectivity index (χ2n) is 7.77. The molecule has 0 radical (unpaired) electrons. The zero-order valence-corrected chi connectivity index (χ0v) is 14.9. The molecule has 0 spiro atoms. The normalized spacial score (nSPS) is 26.2. The van der Waals surface area contributed by atoms with Gasteiger partial charge in [-0.15, -0.1) is 0 Å². The molecule has 0 aliphatic carbocycles. The zero-order chi connectivity index (χ0) is 16.8. The number of rotatable bonds is 1. The highest BCUT2D eigenvalue weighted by Gasteiger charge is 2.39. The number of carbonyl (C=O) groups excluding carboxylic acids is 1. The molecule has 2 saturated heterocycles. The van der Waals surface area contributed by atoms with Crippen LogP contribution in [0.25, 0.3) is 0 Å². The lowest BCUT2D eigenvalue weighted by Gasteiger charge is -2.46. The Kier molecular flexibility index (Phi) is 4.23. The number of fused-ring (bicyclic) bond motifs is 1. The van der Waals surface area contributed by atoms with E-state index in [1.54, 1.807) is 0 Å². The van der Waals surface area contributed by atoms with E-state index in [0.29, 0.717) is 18.7 Å². The summed E-state index contributed by atoms with van der Waals surface area (Å²) < 4.78 is 7.78. The van der Waals surface area contributed by atoms with Gasteiger partial charge in [-0.25, -0.2) is 0 Å². The predicted molar refractivity (Wildman–Crippen MR) is 88.6 cm³/mol. The first kappa shape index (κ1) is 16.5. The SMILES string of the molecule is Cc1nn(C(C)(C)C)cc1C(=O)N1CCO[C@H]2CCN(C)C[C@@H]21. The van der Waals surface area contributed by atoms with Gasteiger partial charge in [-0.3, -0.25) is 9.48 Å². The maximum atomic E-state index is 13.1. The quantitative estimate of drug-likeness (QED) is 0.787. The number of amides is 1. The highest BCUT2D eigenvalue weighted by Crippen LogP contribution is 2.25. The minimum absolute atomic E-state index is 0.0894. The molecule has 1 aromatic rings. The number of ether oxygens (including phenoxy) is 1. The van der Waals surface area contributed by atoms with Crippen molar-refractivity contribution in [2.45, 2.75) is 51.8 Å². The van der Waals surface area contributed by atoms with E-state index in [0.717, 1.165) is 25.2 Å². The fourth-order valence-corrected chi connectivity index (χ4v) is 3.45. The number of piperidine rings is 1. The molecule has 0 N–H and O–H groups in total. The number of carbonyl (C=O) groups is 1. The van der Waals surface area contributed by atoms with Crippen molar-refractivity contribution in [3.05, 3.63) is 17.5 Å². The van der Waals surface area contributed by atoms with E-state index in [-0.39, 0.29) is 23.6 Å². The van der Waals surface area contributed by atoms with Crippen LogP contribution in [0, 0.1) is 6.92 Å². The van der Waals surface area contributed by atoms with Crippen LogP contribution < -0.4 is 0 Å². The Bertz CT molecular complexity index is 590. The van der Waals surface area contributed by atoms with Crippen molar-refractivity contribution < 1.29 is 9.53 Å². The second-order valence-corrected chi connectivity index (χ2v) is 7.77. The van der Waals surface area contributed by atoms with Crippen LogP contribution in [0.4, 0.5) is 0 Å². The molecule has 23 heavy (non-hydrogen) atoms. The van der Waals surface area contributed by atoms with Crippen molar-refractivity contribution in [1.82, 2.24) is 19.6 Å². The number of hydrogen-bond acceptors (Lipinski definition) is 4. The maximum Gasteiger partial charge on any atom is 0.257 e. The molecular weight excluding hydrogens is 292 g/mol. The number of likely N-dealkylation sites (tertiary alicyclic amines) is 1. The molecule has 6 nitrogen and oxygen atoms in total. The lowest BCUT2D eigenvalue weighted by Crippen LogP contribution is -2.60. The van der Waals surface area contributed by atoms with Gasteiger partial charge in [-0.05, 0) is 41.2 Å². The van der Waals surface area contributed by atoms with E-state index in [2.05, 4.69) is 37.8 Å². The van der Waals surface area contributed by atoms with Crippen LogP contribution in [0.3, 0.4) is 0 Å². The summed E-state index contributed by atoms with van der Waals surface area (Å²) in [5.74, 6) is 0.0894. The third-order valence-electron chi connectivity index (χ3n) is 4.87. The van der Waals surface area contributed by atoms with Crippen molar-refractivity contribution in [2.24, 2.45) is 0 Å². The lowest BCUT2D eigenvalue weighted by atomic mass is 9.98. The van der Waals surface area contributed by atoms with Crippen molar-refractivity contribution >= 4 is 5.91 Å². The van der Waals surface area contributed by atoms with E-state index in [9.17, 15) is 4.79 Å². The van der Waals surface area contributed by atoms with E-state index in [1.165, 1.54) is 0 Å². The van der Waals surface area contributed by atoms with E-state index in [4.69, 9.17) is 4.74 Å². The number of hydrogen-bond donors (Lipinski definition) is 0. The molecule has 2 atom stereocenters. The van der Waals surface area contributed by atoms with Gasteiger partial charge in [-0.2, -0.15) is 5.10 Å². The Morgan fingerprint density at radius 3 is 2.74 bits per heavy atom.